The minimum absolute atomic E-state index is 0.187. The second kappa shape index (κ2) is 10.3. The number of carbonyl (C=O) groups is 1. The molecule has 2 atom stereocenters. The van der Waals surface area contributed by atoms with Crippen LogP contribution in [0.3, 0.4) is 0 Å². The first kappa shape index (κ1) is 20.5. The highest BCUT2D eigenvalue weighted by Gasteiger charge is 2.27. The summed E-state index contributed by atoms with van der Waals surface area (Å²) >= 11 is 0. The number of carbonyl (C=O) groups excluding carboxylic acids is 1. The molecule has 1 aliphatic rings. The number of esters is 1. The maximum atomic E-state index is 11.3. The molecule has 0 aromatic rings. The quantitative estimate of drug-likeness (QED) is 0.430. The van der Waals surface area contributed by atoms with Crippen LogP contribution in [0.5, 0.6) is 0 Å². The van der Waals surface area contributed by atoms with Gasteiger partial charge in [-0.2, -0.15) is 0 Å². The Bertz CT molecular complexity index is 518. The molecule has 0 saturated carbocycles. The van der Waals surface area contributed by atoms with Crippen LogP contribution in [0.4, 0.5) is 0 Å². The second-order valence-electron chi connectivity index (χ2n) is 7.28. The maximum Gasteiger partial charge on any atom is 0.302 e. The van der Waals surface area contributed by atoms with E-state index in [1.54, 1.807) is 0 Å². The third-order valence-electron chi connectivity index (χ3n) is 4.83. The van der Waals surface area contributed by atoms with Gasteiger partial charge in [0.15, 0.2) is 0 Å². The van der Waals surface area contributed by atoms with Crippen LogP contribution in [0.25, 0.3) is 0 Å². The highest BCUT2D eigenvalue weighted by Crippen LogP contribution is 2.36. The van der Waals surface area contributed by atoms with Crippen molar-refractivity contribution in [3.8, 4) is 0 Å². The lowest BCUT2D eigenvalue weighted by atomic mass is 9.77. The Labute approximate surface area is 148 Å². The molecule has 24 heavy (non-hydrogen) atoms. The van der Waals surface area contributed by atoms with Crippen LogP contribution in [0.2, 0.25) is 0 Å². The molecule has 0 N–H and O–H groups in total. The first-order valence-corrected chi connectivity index (χ1v) is 9.09. The van der Waals surface area contributed by atoms with Gasteiger partial charge in [0.1, 0.15) is 0 Å². The molecule has 0 amide bonds. The van der Waals surface area contributed by atoms with Gasteiger partial charge in [-0.3, -0.25) is 4.79 Å². The molecule has 0 bridgehead atoms. The van der Waals surface area contributed by atoms with Crippen molar-refractivity contribution in [1.29, 1.82) is 0 Å². The number of hydrogen-bond acceptors (Lipinski definition) is 2. The molecule has 0 aromatic heterocycles. The maximum absolute atomic E-state index is 11.3. The van der Waals surface area contributed by atoms with Gasteiger partial charge in [-0.1, -0.05) is 47.6 Å². The Morgan fingerprint density at radius 3 is 2.67 bits per heavy atom. The van der Waals surface area contributed by atoms with Crippen molar-refractivity contribution in [2.75, 3.05) is 6.61 Å². The van der Waals surface area contributed by atoms with Gasteiger partial charge < -0.3 is 4.74 Å². The van der Waals surface area contributed by atoms with Crippen molar-refractivity contribution >= 4 is 5.97 Å². The zero-order chi connectivity index (χ0) is 18.1. The standard InChI is InChI=1S/C22H34O2/c1-16(2)9-7-11-18(4)21-14-13-17(3)10-8-12-19(5)22(21)15-24-20(6)23/h9-10,21-22H,4-5,7-8,11-15H2,1-3,6H3/b17-10-. The fraction of sp³-hybridized carbons (Fsp3) is 0.591. The highest BCUT2D eigenvalue weighted by atomic mass is 16.5. The summed E-state index contributed by atoms with van der Waals surface area (Å²) in [7, 11) is 0. The topological polar surface area (TPSA) is 26.3 Å². The predicted molar refractivity (Wildman–Crippen MR) is 103 cm³/mol. The zero-order valence-corrected chi connectivity index (χ0v) is 16.0. The molecule has 1 aliphatic carbocycles. The van der Waals surface area contributed by atoms with Gasteiger partial charge in [0.2, 0.25) is 0 Å². The van der Waals surface area contributed by atoms with E-state index in [1.165, 1.54) is 29.2 Å². The SMILES string of the molecule is C=C(CCC=C(C)C)C1CC/C(C)=C\CCC(=C)C1COC(C)=O. The smallest absolute Gasteiger partial charge is 0.302 e. The average molecular weight is 331 g/mol. The van der Waals surface area contributed by atoms with Crippen LogP contribution in [-0.2, 0) is 9.53 Å². The van der Waals surface area contributed by atoms with Gasteiger partial charge in [-0.25, -0.2) is 0 Å². The van der Waals surface area contributed by atoms with E-state index in [0.29, 0.717) is 12.5 Å². The lowest BCUT2D eigenvalue weighted by Gasteiger charge is -2.30. The third-order valence-corrected chi connectivity index (χ3v) is 4.83. The van der Waals surface area contributed by atoms with Crippen LogP contribution in [-0.4, -0.2) is 12.6 Å². The molecule has 2 heteroatoms. The summed E-state index contributed by atoms with van der Waals surface area (Å²) in [6.07, 6.45) is 10.7. The van der Waals surface area contributed by atoms with E-state index < -0.39 is 0 Å². The number of hydrogen-bond donors (Lipinski definition) is 0. The van der Waals surface area contributed by atoms with Gasteiger partial charge in [0.05, 0.1) is 6.61 Å². The van der Waals surface area contributed by atoms with Gasteiger partial charge in [0.25, 0.3) is 0 Å². The van der Waals surface area contributed by atoms with Gasteiger partial charge >= 0.3 is 5.97 Å². The molecule has 0 spiro atoms. The molecule has 0 radical (unpaired) electrons. The minimum Gasteiger partial charge on any atom is -0.465 e. The Morgan fingerprint density at radius 1 is 1.33 bits per heavy atom. The van der Waals surface area contributed by atoms with E-state index in [1.807, 2.05) is 0 Å². The lowest BCUT2D eigenvalue weighted by Crippen LogP contribution is -2.25. The summed E-state index contributed by atoms with van der Waals surface area (Å²) in [4.78, 5) is 11.3. The van der Waals surface area contributed by atoms with Crippen LogP contribution in [0.1, 0.15) is 66.2 Å². The largest absolute Gasteiger partial charge is 0.465 e. The van der Waals surface area contributed by atoms with Crippen LogP contribution >= 0.6 is 0 Å². The molecule has 1 rings (SSSR count). The van der Waals surface area contributed by atoms with Crippen LogP contribution in [0.15, 0.2) is 47.6 Å². The highest BCUT2D eigenvalue weighted by molar-refractivity contribution is 5.65. The normalized spacial score (nSPS) is 24.0. The fourth-order valence-corrected chi connectivity index (χ4v) is 3.32. The second-order valence-corrected chi connectivity index (χ2v) is 7.28. The molecular formula is C22H34O2. The average Bonchev–Trinajstić information content (AvgIpc) is 2.55. The molecular weight excluding hydrogens is 296 g/mol. The van der Waals surface area contributed by atoms with Gasteiger partial charge in [0, 0.05) is 12.8 Å². The monoisotopic (exact) mass is 330 g/mol. The summed E-state index contributed by atoms with van der Waals surface area (Å²) < 4.78 is 5.37. The molecule has 0 heterocycles. The first-order chi connectivity index (χ1) is 11.3. The van der Waals surface area contributed by atoms with E-state index in [2.05, 4.69) is 46.1 Å². The van der Waals surface area contributed by atoms with Crippen molar-refractivity contribution in [3.63, 3.8) is 0 Å². The molecule has 0 aromatic carbocycles. The summed E-state index contributed by atoms with van der Waals surface area (Å²) in [6.45, 7) is 17.1. The zero-order valence-electron chi connectivity index (χ0n) is 16.0. The van der Waals surface area contributed by atoms with E-state index >= 15 is 0 Å². The third kappa shape index (κ3) is 7.33. The van der Waals surface area contributed by atoms with Crippen molar-refractivity contribution < 1.29 is 9.53 Å². The van der Waals surface area contributed by atoms with Crippen molar-refractivity contribution in [2.45, 2.75) is 66.2 Å². The fourth-order valence-electron chi connectivity index (χ4n) is 3.32. The van der Waals surface area contributed by atoms with Crippen molar-refractivity contribution in [2.24, 2.45) is 11.8 Å². The number of ether oxygens (including phenoxy) is 1. The minimum atomic E-state index is -0.217. The molecule has 134 valence electrons. The Hall–Kier alpha value is -1.57. The van der Waals surface area contributed by atoms with E-state index in [4.69, 9.17) is 4.74 Å². The van der Waals surface area contributed by atoms with Crippen LogP contribution in [0, 0.1) is 11.8 Å². The molecule has 2 unspecified atom stereocenters. The Kier molecular flexibility index (Phi) is 8.81. The summed E-state index contributed by atoms with van der Waals surface area (Å²) in [5.41, 5.74) is 5.24. The Balaban J connectivity index is 2.91. The summed E-state index contributed by atoms with van der Waals surface area (Å²) in [6, 6.07) is 0. The predicted octanol–water partition coefficient (Wildman–Crippen LogP) is 6.16. The Morgan fingerprint density at radius 2 is 2.04 bits per heavy atom. The van der Waals surface area contributed by atoms with Crippen molar-refractivity contribution in [3.05, 3.63) is 47.6 Å². The summed E-state index contributed by atoms with van der Waals surface area (Å²) in [5.74, 6) is 0.308. The molecule has 0 saturated heterocycles. The lowest BCUT2D eigenvalue weighted by molar-refractivity contribution is -0.142. The summed E-state index contributed by atoms with van der Waals surface area (Å²) in [5, 5.41) is 0. The van der Waals surface area contributed by atoms with E-state index in [0.717, 1.165) is 38.5 Å². The number of rotatable bonds is 6. The number of allylic oxidation sites excluding steroid dienone is 5. The van der Waals surface area contributed by atoms with Crippen molar-refractivity contribution in [1.82, 2.24) is 0 Å². The van der Waals surface area contributed by atoms with Crippen LogP contribution < -0.4 is 0 Å². The first-order valence-electron chi connectivity index (χ1n) is 9.09. The molecule has 2 nitrogen and oxygen atoms in total. The molecule has 0 fully saturated rings. The molecule has 0 aliphatic heterocycles. The van der Waals surface area contributed by atoms with Gasteiger partial charge in [-0.15, -0.1) is 0 Å². The van der Waals surface area contributed by atoms with Gasteiger partial charge in [-0.05, 0) is 65.2 Å². The van der Waals surface area contributed by atoms with E-state index in [9.17, 15) is 4.79 Å². The van der Waals surface area contributed by atoms with E-state index in [-0.39, 0.29) is 11.9 Å².